The van der Waals surface area contributed by atoms with Crippen molar-refractivity contribution in [2.75, 3.05) is 31.1 Å². The number of benzene rings is 2. The fourth-order valence-corrected chi connectivity index (χ4v) is 4.13. The van der Waals surface area contributed by atoms with E-state index in [4.69, 9.17) is 0 Å². The Labute approximate surface area is 170 Å². The third-order valence-corrected chi connectivity index (χ3v) is 5.68. The first-order chi connectivity index (χ1) is 14.0. The van der Waals surface area contributed by atoms with Crippen LogP contribution in [0, 0.1) is 6.92 Å². The number of carbonyl (C=O) groups excluding carboxylic acids is 3. The van der Waals surface area contributed by atoms with Crippen molar-refractivity contribution >= 4 is 23.4 Å². The molecule has 2 aliphatic rings. The van der Waals surface area contributed by atoms with Crippen LogP contribution in [-0.2, 0) is 9.59 Å². The maximum atomic E-state index is 13.1. The predicted molar refractivity (Wildman–Crippen MR) is 111 cm³/mol. The molecule has 0 N–H and O–H groups in total. The molecule has 2 aliphatic heterocycles. The maximum Gasteiger partial charge on any atom is 0.253 e. The van der Waals surface area contributed by atoms with E-state index in [2.05, 4.69) is 0 Å². The number of hydrogen-bond donors (Lipinski definition) is 0. The monoisotopic (exact) mass is 391 g/mol. The number of rotatable bonds is 3. The van der Waals surface area contributed by atoms with Gasteiger partial charge in [-0.05, 0) is 37.6 Å². The van der Waals surface area contributed by atoms with Crippen molar-refractivity contribution in [1.29, 1.82) is 0 Å². The van der Waals surface area contributed by atoms with Crippen LogP contribution in [0.3, 0.4) is 0 Å². The third kappa shape index (κ3) is 3.88. The average Bonchev–Trinajstić information content (AvgIpc) is 3.15. The Kier molecular flexibility index (Phi) is 5.34. The second kappa shape index (κ2) is 8.07. The second-order valence-electron chi connectivity index (χ2n) is 7.64. The van der Waals surface area contributed by atoms with Gasteiger partial charge in [-0.2, -0.15) is 0 Å². The highest BCUT2D eigenvalue weighted by atomic mass is 16.2. The standard InChI is InChI=1S/C23H25N3O3/c1-17-6-5-7-18(16-17)22(28)24-12-14-25(15-13-24)23(29)20-10-11-21(27)26(20)19-8-3-2-4-9-19/h2-9,16,20H,10-15H2,1H3. The quantitative estimate of drug-likeness (QED) is 0.808. The highest BCUT2D eigenvalue weighted by Crippen LogP contribution is 2.28. The number of amides is 3. The fraction of sp³-hybridized carbons (Fsp3) is 0.348. The summed E-state index contributed by atoms with van der Waals surface area (Å²) in [5.74, 6) is -0.0343. The molecular formula is C23H25N3O3. The first kappa shape index (κ1) is 19.2. The van der Waals surface area contributed by atoms with Crippen LogP contribution in [0.2, 0.25) is 0 Å². The largest absolute Gasteiger partial charge is 0.337 e. The van der Waals surface area contributed by atoms with Crippen molar-refractivity contribution in [1.82, 2.24) is 9.80 Å². The van der Waals surface area contributed by atoms with Crippen LogP contribution in [0.25, 0.3) is 0 Å². The van der Waals surface area contributed by atoms with Crippen LogP contribution < -0.4 is 4.90 Å². The van der Waals surface area contributed by atoms with Gasteiger partial charge in [-0.1, -0.05) is 35.9 Å². The molecule has 0 saturated carbocycles. The van der Waals surface area contributed by atoms with E-state index in [1.807, 2.05) is 61.5 Å². The SMILES string of the molecule is Cc1cccc(C(=O)N2CCN(C(=O)C3CCC(=O)N3c3ccccc3)CC2)c1. The van der Waals surface area contributed by atoms with Gasteiger partial charge in [-0.25, -0.2) is 0 Å². The molecule has 2 heterocycles. The Bertz CT molecular complexity index is 920. The summed E-state index contributed by atoms with van der Waals surface area (Å²) in [6.07, 6.45) is 0.923. The zero-order valence-corrected chi connectivity index (χ0v) is 16.6. The molecule has 2 fully saturated rings. The summed E-state index contributed by atoms with van der Waals surface area (Å²) in [7, 11) is 0. The second-order valence-corrected chi connectivity index (χ2v) is 7.64. The third-order valence-electron chi connectivity index (χ3n) is 5.68. The summed E-state index contributed by atoms with van der Waals surface area (Å²) >= 11 is 0. The highest BCUT2D eigenvalue weighted by molar-refractivity contribution is 6.04. The Morgan fingerprint density at radius 2 is 1.59 bits per heavy atom. The molecule has 29 heavy (non-hydrogen) atoms. The Morgan fingerprint density at radius 1 is 0.897 bits per heavy atom. The first-order valence-electron chi connectivity index (χ1n) is 10.1. The summed E-state index contributed by atoms with van der Waals surface area (Å²) in [5.41, 5.74) is 2.50. The summed E-state index contributed by atoms with van der Waals surface area (Å²) in [6.45, 7) is 3.96. The van der Waals surface area contributed by atoms with Gasteiger partial charge in [0.15, 0.2) is 0 Å². The lowest BCUT2D eigenvalue weighted by atomic mass is 10.1. The minimum atomic E-state index is -0.455. The number of carbonyl (C=O) groups is 3. The summed E-state index contributed by atoms with van der Waals surface area (Å²) in [6, 6.07) is 16.5. The van der Waals surface area contributed by atoms with Crippen LogP contribution in [0.5, 0.6) is 0 Å². The van der Waals surface area contributed by atoms with Gasteiger partial charge in [-0.15, -0.1) is 0 Å². The molecule has 0 bridgehead atoms. The number of anilines is 1. The molecule has 1 atom stereocenters. The summed E-state index contributed by atoms with van der Waals surface area (Å²) in [4.78, 5) is 43.5. The molecule has 6 nitrogen and oxygen atoms in total. The van der Waals surface area contributed by atoms with Crippen molar-refractivity contribution in [3.8, 4) is 0 Å². The van der Waals surface area contributed by atoms with E-state index in [9.17, 15) is 14.4 Å². The predicted octanol–water partition coefficient (Wildman–Crippen LogP) is 2.48. The smallest absolute Gasteiger partial charge is 0.253 e. The zero-order valence-electron chi connectivity index (χ0n) is 16.6. The molecule has 3 amide bonds. The number of para-hydroxylation sites is 1. The molecule has 0 aromatic heterocycles. The van der Waals surface area contributed by atoms with Gasteiger partial charge < -0.3 is 9.80 Å². The molecule has 2 aromatic rings. The molecular weight excluding hydrogens is 366 g/mol. The van der Waals surface area contributed by atoms with Crippen molar-refractivity contribution in [3.63, 3.8) is 0 Å². The van der Waals surface area contributed by atoms with Crippen LogP contribution >= 0.6 is 0 Å². The molecule has 0 radical (unpaired) electrons. The molecule has 2 aromatic carbocycles. The Balaban J connectivity index is 1.41. The number of hydrogen-bond acceptors (Lipinski definition) is 3. The van der Waals surface area contributed by atoms with Gasteiger partial charge >= 0.3 is 0 Å². The summed E-state index contributed by atoms with van der Waals surface area (Å²) < 4.78 is 0. The lowest BCUT2D eigenvalue weighted by molar-refractivity contribution is -0.134. The van der Waals surface area contributed by atoms with Crippen LogP contribution in [0.4, 0.5) is 5.69 Å². The van der Waals surface area contributed by atoms with E-state index < -0.39 is 6.04 Å². The van der Waals surface area contributed by atoms with E-state index in [0.717, 1.165) is 11.3 Å². The lowest BCUT2D eigenvalue weighted by Gasteiger charge is -2.37. The number of piperazine rings is 1. The van der Waals surface area contributed by atoms with E-state index in [-0.39, 0.29) is 17.7 Å². The average molecular weight is 391 g/mol. The molecule has 1 unspecified atom stereocenters. The van der Waals surface area contributed by atoms with E-state index in [1.165, 1.54) is 0 Å². The van der Waals surface area contributed by atoms with E-state index in [0.29, 0.717) is 44.6 Å². The van der Waals surface area contributed by atoms with Crippen LogP contribution in [-0.4, -0.2) is 59.7 Å². The zero-order chi connectivity index (χ0) is 20.4. The molecule has 0 aliphatic carbocycles. The van der Waals surface area contributed by atoms with Crippen LogP contribution in [0.15, 0.2) is 54.6 Å². The molecule has 150 valence electrons. The minimum Gasteiger partial charge on any atom is -0.337 e. The van der Waals surface area contributed by atoms with Gasteiger partial charge in [0, 0.05) is 43.9 Å². The van der Waals surface area contributed by atoms with Gasteiger partial charge in [-0.3, -0.25) is 19.3 Å². The summed E-state index contributed by atoms with van der Waals surface area (Å²) in [5, 5.41) is 0. The number of nitrogens with zero attached hydrogens (tertiary/aromatic N) is 3. The number of aryl methyl sites for hydroxylation is 1. The van der Waals surface area contributed by atoms with Crippen molar-refractivity contribution in [2.24, 2.45) is 0 Å². The minimum absolute atomic E-state index is 0.00255. The van der Waals surface area contributed by atoms with Crippen molar-refractivity contribution < 1.29 is 14.4 Å². The van der Waals surface area contributed by atoms with E-state index in [1.54, 1.807) is 14.7 Å². The molecule has 6 heteroatoms. The van der Waals surface area contributed by atoms with Gasteiger partial charge in [0.2, 0.25) is 11.8 Å². The maximum absolute atomic E-state index is 13.1. The Morgan fingerprint density at radius 3 is 2.28 bits per heavy atom. The van der Waals surface area contributed by atoms with Gasteiger partial charge in [0.05, 0.1) is 0 Å². The van der Waals surface area contributed by atoms with Crippen molar-refractivity contribution in [3.05, 3.63) is 65.7 Å². The lowest BCUT2D eigenvalue weighted by Crippen LogP contribution is -2.55. The Hall–Kier alpha value is -3.15. The van der Waals surface area contributed by atoms with E-state index >= 15 is 0 Å². The fourth-order valence-electron chi connectivity index (χ4n) is 4.13. The van der Waals surface area contributed by atoms with Crippen molar-refractivity contribution in [2.45, 2.75) is 25.8 Å². The molecule has 2 saturated heterocycles. The molecule has 0 spiro atoms. The highest BCUT2D eigenvalue weighted by Gasteiger charge is 2.40. The van der Waals surface area contributed by atoms with Gasteiger partial charge in [0.1, 0.15) is 6.04 Å². The molecule has 4 rings (SSSR count). The topological polar surface area (TPSA) is 60.9 Å². The van der Waals surface area contributed by atoms with Gasteiger partial charge in [0.25, 0.3) is 5.91 Å². The van der Waals surface area contributed by atoms with Crippen LogP contribution in [0.1, 0.15) is 28.8 Å². The normalized spacial score (nSPS) is 19.6. The first-order valence-corrected chi connectivity index (χ1v) is 10.1.